The van der Waals surface area contributed by atoms with Gasteiger partial charge in [-0.25, -0.2) is 4.68 Å². The van der Waals surface area contributed by atoms with Crippen LogP contribution in [-0.2, 0) is 11.3 Å². The average molecular weight is 409 g/mol. The Labute approximate surface area is 174 Å². The molecular formula is C22H24N4O2S. The van der Waals surface area contributed by atoms with Crippen molar-refractivity contribution in [1.29, 1.82) is 0 Å². The number of anilines is 1. The minimum Gasteiger partial charge on any atom is -0.368 e. The highest BCUT2D eigenvalue weighted by molar-refractivity contribution is 7.13. The van der Waals surface area contributed by atoms with Gasteiger partial charge in [-0.15, -0.1) is 11.3 Å². The molecule has 0 atom stereocenters. The van der Waals surface area contributed by atoms with Crippen molar-refractivity contribution < 1.29 is 4.79 Å². The largest absolute Gasteiger partial charge is 0.368 e. The van der Waals surface area contributed by atoms with E-state index in [0.29, 0.717) is 19.4 Å². The third-order valence-electron chi connectivity index (χ3n) is 5.15. The van der Waals surface area contributed by atoms with E-state index in [9.17, 15) is 9.59 Å². The number of thiophene rings is 1. The first-order valence-electron chi connectivity index (χ1n) is 9.90. The highest BCUT2D eigenvalue weighted by atomic mass is 32.1. The third kappa shape index (κ3) is 4.74. The van der Waals surface area contributed by atoms with Crippen molar-refractivity contribution in [3.05, 3.63) is 70.3 Å². The predicted octanol–water partition coefficient (Wildman–Crippen LogP) is 3.10. The zero-order valence-corrected chi connectivity index (χ0v) is 17.1. The molecule has 7 heteroatoms. The maximum absolute atomic E-state index is 12.6. The van der Waals surface area contributed by atoms with Gasteiger partial charge in [0.2, 0.25) is 5.91 Å². The number of nitrogens with zero attached hydrogens (tertiary/aromatic N) is 4. The zero-order valence-electron chi connectivity index (χ0n) is 16.2. The van der Waals surface area contributed by atoms with Gasteiger partial charge in [-0.2, -0.15) is 5.10 Å². The monoisotopic (exact) mass is 408 g/mol. The van der Waals surface area contributed by atoms with Crippen molar-refractivity contribution in [3.8, 4) is 10.6 Å². The first-order chi connectivity index (χ1) is 14.2. The van der Waals surface area contributed by atoms with Gasteiger partial charge in [0.1, 0.15) is 5.69 Å². The van der Waals surface area contributed by atoms with Gasteiger partial charge in [0.25, 0.3) is 5.56 Å². The topological polar surface area (TPSA) is 58.4 Å². The number of hydrogen-bond donors (Lipinski definition) is 0. The molecule has 1 amide bonds. The number of aryl methyl sites for hydroxylation is 1. The van der Waals surface area contributed by atoms with Gasteiger partial charge >= 0.3 is 0 Å². The lowest BCUT2D eigenvalue weighted by atomic mass is 10.2. The van der Waals surface area contributed by atoms with Gasteiger partial charge in [0.15, 0.2) is 0 Å². The summed E-state index contributed by atoms with van der Waals surface area (Å²) in [5, 5.41) is 6.44. The van der Waals surface area contributed by atoms with Gasteiger partial charge in [-0.05, 0) is 36.1 Å². The van der Waals surface area contributed by atoms with E-state index in [2.05, 4.69) is 22.1 Å². The molecule has 0 bridgehead atoms. The Hall–Kier alpha value is -2.93. The number of piperazine rings is 1. The molecule has 4 rings (SSSR count). The van der Waals surface area contributed by atoms with E-state index in [1.165, 1.54) is 10.4 Å². The van der Waals surface area contributed by atoms with Crippen molar-refractivity contribution in [2.24, 2.45) is 0 Å². The predicted molar refractivity (Wildman–Crippen MR) is 116 cm³/mol. The molecule has 0 aliphatic carbocycles. The summed E-state index contributed by atoms with van der Waals surface area (Å²) in [6.45, 7) is 3.62. The van der Waals surface area contributed by atoms with E-state index in [-0.39, 0.29) is 11.5 Å². The molecule has 0 N–H and O–H groups in total. The average Bonchev–Trinajstić information content (AvgIpc) is 3.31. The van der Waals surface area contributed by atoms with Crippen LogP contribution in [0.4, 0.5) is 5.69 Å². The van der Waals surface area contributed by atoms with Gasteiger partial charge in [-0.3, -0.25) is 9.59 Å². The maximum Gasteiger partial charge on any atom is 0.266 e. The van der Waals surface area contributed by atoms with Crippen LogP contribution in [0, 0.1) is 0 Å². The number of para-hydroxylation sites is 1. The van der Waals surface area contributed by atoms with Crippen LogP contribution < -0.4 is 10.5 Å². The first kappa shape index (κ1) is 19.4. The quantitative estimate of drug-likeness (QED) is 0.629. The van der Waals surface area contributed by atoms with Crippen LogP contribution in [0.15, 0.2) is 64.8 Å². The Morgan fingerprint density at radius 3 is 2.48 bits per heavy atom. The van der Waals surface area contributed by atoms with Crippen LogP contribution in [0.25, 0.3) is 10.6 Å². The summed E-state index contributed by atoms with van der Waals surface area (Å²) in [5.41, 5.74) is 1.87. The van der Waals surface area contributed by atoms with Crippen LogP contribution in [0.1, 0.15) is 12.8 Å². The molecule has 0 radical (unpaired) electrons. The summed E-state index contributed by atoms with van der Waals surface area (Å²) in [6, 6.07) is 17.5. The van der Waals surface area contributed by atoms with Gasteiger partial charge < -0.3 is 9.80 Å². The SMILES string of the molecule is O=C(CCCn1nc(-c2cccs2)ccc1=O)N1CCN(c2ccccc2)CC1. The first-order valence-corrected chi connectivity index (χ1v) is 10.8. The lowest BCUT2D eigenvalue weighted by molar-refractivity contribution is -0.131. The molecule has 3 aromatic rings. The number of carbonyl (C=O) groups is 1. The molecule has 0 unspecified atom stereocenters. The fourth-order valence-electron chi connectivity index (χ4n) is 3.56. The molecule has 2 aromatic heterocycles. The Kier molecular flexibility index (Phi) is 6.05. The van der Waals surface area contributed by atoms with E-state index in [0.717, 1.165) is 36.8 Å². The molecule has 150 valence electrons. The van der Waals surface area contributed by atoms with Crippen LogP contribution in [0.5, 0.6) is 0 Å². The van der Waals surface area contributed by atoms with Crippen molar-refractivity contribution in [2.45, 2.75) is 19.4 Å². The van der Waals surface area contributed by atoms with E-state index in [1.54, 1.807) is 23.5 Å². The molecule has 1 fully saturated rings. The van der Waals surface area contributed by atoms with E-state index in [1.807, 2.05) is 40.6 Å². The molecule has 6 nitrogen and oxygen atoms in total. The summed E-state index contributed by atoms with van der Waals surface area (Å²) in [4.78, 5) is 29.9. The van der Waals surface area contributed by atoms with Crippen LogP contribution >= 0.6 is 11.3 Å². The minimum atomic E-state index is -0.130. The molecule has 1 aromatic carbocycles. The molecule has 29 heavy (non-hydrogen) atoms. The van der Waals surface area contributed by atoms with Gasteiger partial charge in [0.05, 0.1) is 4.88 Å². The molecule has 1 aliphatic heterocycles. The summed E-state index contributed by atoms with van der Waals surface area (Å²) >= 11 is 1.59. The second kappa shape index (κ2) is 9.05. The lowest BCUT2D eigenvalue weighted by Gasteiger charge is -2.36. The Bertz CT molecular complexity index is 993. The number of benzene rings is 1. The standard InChI is InChI=1S/C22H24N4O2S/c27-21(25-15-13-24(14-16-25)18-6-2-1-3-7-18)9-4-12-26-22(28)11-10-19(23-26)20-8-5-17-29-20/h1-3,5-8,10-11,17H,4,9,12-16H2. The van der Waals surface area contributed by atoms with Crippen LogP contribution in [-0.4, -0.2) is 46.8 Å². The second-order valence-corrected chi connectivity index (χ2v) is 8.01. The number of aromatic nitrogens is 2. The number of hydrogen-bond acceptors (Lipinski definition) is 5. The summed E-state index contributed by atoms with van der Waals surface area (Å²) in [5.74, 6) is 0.153. The van der Waals surface area contributed by atoms with Crippen molar-refractivity contribution in [2.75, 3.05) is 31.1 Å². The van der Waals surface area contributed by atoms with E-state index >= 15 is 0 Å². The van der Waals surface area contributed by atoms with Crippen LogP contribution in [0.2, 0.25) is 0 Å². The fraction of sp³-hybridized carbons (Fsp3) is 0.318. The zero-order chi connectivity index (χ0) is 20.1. The molecule has 0 spiro atoms. The minimum absolute atomic E-state index is 0.130. The molecule has 1 aliphatic rings. The Balaban J connectivity index is 1.28. The fourth-order valence-corrected chi connectivity index (χ4v) is 4.25. The Morgan fingerprint density at radius 2 is 1.76 bits per heavy atom. The van der Waals surface area contributed by atoms with Crippen molar-refractivity contribution in [3.63, 3.8) is 0 Å². The number of amides is 1. The highest BCUT2D eigenvalue weighted by Crippen LogP contribution is 2.21. The molecule has 3 heterocycles. The Morgan fingerprint density at radius 1 is 0.966 bits per heavy atom. The second-order valence-electron chi connectivity index (χ2n) is 7.06. The third-order valence-corrected chi connectivity index (χ3v) is 6.05. The lowest BCUT2D eigenvalue weighted by Crippen LogP contribution is -2.48. The summed E-state index contributed by atoms with van der Waals surface area (Å²) in [6.07, 6.45) is 1.04. The molecular weight excluding hydrogens is 384 g/mol. The molecule has 0 saturated carbocycles. The van der Waals surface area contributed by atoms with Gasteiger partial charge in [-0.1, -0.05) is 24.3 Å². The maximum atomic E-state index is 12.6. The van der Waals surface area contributed by atoms with Crippen molar-refractivity contribution in [1.82, 2.24) is 14.7 Å². The van der Waals surface area contributed by atoms with Crippen LogP contribution in [0.3, 0.4) is 0 Å². The normalized spacial score (nSPS) is 14.2. The summed E-state index contributed by atoms with van der Waals surface area (Å²) in [7, 11) is 0. The van der Waals surface area contributed by atoms with Gasteiger partial charge in [0, 0.05) is 50.9 Å². The highest BCUT2D eigenvalue weighted by Gasteiger charge is 2.20. The van der Waals surface area contributed by atoms with Crippen molar-refractivity contribution >= 4 is 22.9 Å². The molecule has 1 saturated heterocycles. The van der Waals surface area contributed by atoms with E-state index in [4.69, 9.17) is 0 Å². The number of carbonyl (C=O) groups excluding carboxylic acids is 1. The summed E-state index contributed by atoms with van der Waals surface area (Å²) < 4.78 is 1.47. The number of rotatable bonds is 6. The van der Waals surface area contributed by atoms with E-state index < -0.39 is 0 Å². The smallest absolute Gasteiger partial charge is 0.266 e.